The van der Waals surface area contributed by atoms with Gasteiger partial charge in [0.15, 0.2) is 11.4 Å². The molecule has 34 heavy (non-hydrogen) atoms. The Morgan fingerprint density at radius 1 is 1.03 bits per heavy atom. The summed E-state index contributed by atoms with van der Waals surface area (Å²) in [6.07, 6.45) is 1.41. The molecule has 1 aliphatic heterocycles. The predicted octanol–water partition coefficient (Wildman–Crippen LogP) is 4.65. The van der Waals surface area contributed by atoms with E-state index in [9.17, 15) is 15.0 Å². The van der Waals surface area contributed by atoms with E-state index in [0.717, 1.165) is 36.8 Å². The lowest BCUT2D eigenvalue weighted by atomic mass is 9.88. The van der Waals surface area contributed by atoms with Gasteiger partial charge in [-0.15, -0.1) is 0 Å². The second kappa shape index (κ2) is 9.49. The van der Waals surface area contributed by atoms with Gasteiger partial charge in [0.2, 0.25) is 0 Å². The van der Waals surface area contributed by atoms with E-state index in [1.54, 1.807) is 11.6 Å². The number of aryl methyl sites for hydroxylation is 1. The van der Waals surface area contributed by atoms with E-state index >= 15 is 0 Å². The van der Waals surface area contributed by atoms with Gasteiger partial charge >= 0.3 is 5.97 Å². The summed E-state index contributed by atoms with van der Waals surface area (Å²) in [6.45, 7) is 2.41. The Morgan fingerprint density at radius 3 is 2.50 bits per heavy atom. The molecule has 1 atom stereocenters. The van der Waals surface area contributed by atoms with Gasteiger partial charge in [0, 0.05) is 19.0 Å². The zero-order chi connectivity index (χ0) is 23.7. The number of nitrogens with zero attached hydrogens (tertiary/aromatic N) is 2. The number of carboxylic acids is 1. The van der Waals surface area contributed by atoms with Crippen molar-refractivity contribution in [3.05, 3.63) is 78.0 Å². The fraction of sp³-hybridized carbons (Fsp3) is 0.321. The summed E-state index contributed by atoms with van der Waals surface area (Å²) >= 11 is 0. The molecule has 3 aromatic carbocycles. The molecule has 6 heteroatoms. The number of aliphatic hydroxyl groups excluding tert-OH is 1. The summed E-state index contributed by atoms with van der Waals surface area (Å²) in [5.41, 5.74) is 2.28. The molecule has 5 rings (SSSR count). The van der Waals surface area contributed by atoms with Gasteiger partial charge in [-0.25, -0.2) is 4.79 Å². The number of hydrogen-bond donors (Lipinski definition) is 2. The van der Waals surface area contributed by atoms with Gasteiger partial charge in [-0.05, 0) is 60.3 Å². The number of carbonyl (C=O) groups is 1. The minimum atomic E-state index is -1.04. The molecule has 0 radical (unpaired) electrons. The molecule has 2 heterocycles. The zero-order valence-electron chi connectivity index (χ0n) is 19.4. The summed E-state index contributed by atoms with van der Waals surface area (Å²) < 4.78 is 7.51. The molecule has 0 spiro atoms. The minimum absolute atomic E-state index is 0.0545. The van der Waals surface area contributed by atoms with Crippen molar-refractivity contribution in [2.75, 3.05) is 26.2 Å². The first-order valence-corrected chi connectivity index (χ1v) is 11.8. The van der Waals surface area contributed by atoms with Gasteiger partial charge in [-0.1, -0.05) is 54.6 Å². The van der Waals surface area contributed by atoms with Crippen molar-refractivity contribution in [3.8, 4) is 5.75 Å². The van der Waals surface area contributed by atoms with Crippen LogP contribution in [-0.2, 0) is 7.05 Å². The van der Waals surface area contributed by atoms with E-state index in [1.165, 1.54) is 16.3 Å². The molecule has 1 unspecified atom stereocenters. The van der Waals surface area contributed by atoms with Crippen LogP contribution < -0.4 is 4.74 Å². The first kappa shape index (κ1) is 22.4. The minimum Gasteiger partial charge on any atom is -0.488 e. The van der Waals surface area contributed by atoms with Crippen LogP contribution in [0.5, 0.6) is 5.75 Å². The van der Waals surface area contributed by atoms with Crippen molar-refractivity contribution in [1.82, 2.24) is 9.47 Å². The third kappa shape index (κ3) is 4.39. The monoisotopic (exact) mass is 458 g/mol. The van der Waals surface area contributed by atoms with Crippen molar-refractivity contribution in [2.45, 2.75) is 24.9 Å². The smallest absolute Gasteiger partial charge is 0.356 e. The van der Waals surface area contributed by atoms with E-state index in [4.69, 9.17) is 4.74 Å². The van der Waals surface area contributed by atoms with Crippen LogP contribution in [0.3, 0.4) is 0 Å². The highest BCUT2D eigenvalue weighted by Gasteiger charge is 2.25. The van der Waals surface area contributed by atoms with Gasteiger partial charge in [-0.3, -0.25) is 0 Å². The van der Waals surface area contributed by atoms with Crippen LogP contribution in [-0.4, -0.2) is 58.0 Å². The van der Waals surface area contributed by atoms with Crippen molar-refractivity contribution in [3.63, 3.8) is 0 Å². The topological polar surface area (TPSA) is 74.9 Å². The standard InChI is InChI=1S/C28H30N2O4/c1-29-25-9-5-4-8-24(25)27(26(29)28(32)33)34-18-23(31)17-30-14-12-20(13-15-30)22-11-10-19-6-2-3-7-21(19)16-22/h2-11,16,20,23,31H,12-15,17-18H2,1H3,(H,32,33). The highest BCUT2D eigenvalue weighted by molar-refractivity contribution is 6.00. The van der Waals surface area contributed by atoms with E-state index in [0.29, 0.717) is 18.2 Å². The fourth-order valence-electron chi connectivity index (χ4n) is 5.19. The molecule has 1 saturated heterocycles. The second-order valence-corrected chi connectivity index (χ2v) is 9.21. The van der Waals surface area contributed by atoms with E-state index in [1.807, 2.05) is 24.3 Å². The SMILES string of the molecule is Cn1c(C(=O)O)c(OCC(O)CN2CCC(c3ccc4ccccc4c3)CC2)c2ccccc21. The second-order valence-electron chi connectivity index (χ2n) is 9.21. The number of ether oxygens (including phenoxy) is 1. The van der Waals surface area contributed by atoms with E-state index < -0.39 is 12.1 Å². The first-order valence-electron chi connectivity index (χ1n) is 11.8. The molecule has 0 amide bonds. The van der Waals surface area contributed by atoms with Gasteiger partial charge in [0.25, 0.3) is 0 Å². The number of aliphatic hydroxyl groups is 1. The number of carboxylic acid groups (broad SMARTS) is 1. The highest BCUT2D eigenvalue weighted by Crippen LogP contribution is 2.33. The van der Waals surface area contributed by atoms with Crippen LogP contribution in [0.2, 0.25) is 0 Å². The Kier molecular flexibility index (Phi) is 6.26. The number of piperidine rings is 1. The van der Waals surface area contributed by atoms with Gasteiger partial charge in [0.1, 0.15) is 12.7 Å². The number of benzene rings is 3. The lowest BCUT2D eigenvalue weighted by Gasteiger charge is -2.33. The zero-order valence-corrected chi connectivity index (χ0v) is 19.4. The molecule has 0 saturated carbocycles. The normalized spacial score (nSPS) is 16.2. The van der Waals surface area contributed by atoms with Crippen molar-refractivity contribution in [1.29, 1.82) is 0 Å². The number of hydrogen-bond acceptors (Lipinski definition) is 4. The quantitative estimate of drug-likeness (QED) is 0.422. The number of likely N-dealkylation sites (tertiary alicyclic amines) is 1. The Bertz CT molecular complexity index is 1320. The molecule has 2 N–H and O–H groups in total. The Balaban J connectivity index is 1.18. The fourth-order valence-corrected chi connectivity index (χ4v) is 5.19. The molecule has 1 fully saturated rings. The molecule has 1 aliphatic rings. The van der Waals surface area contributed by atoms with Crippen LogP contribution in [0.25, 0.3) is 21.7 Å². The maximum atomic E-state index is 11.8. The summed E-state index contributed by atoms with van der Waals surface area (Å²) in [7, 11) is 1.72. The number of β-amino-alcohol motifs (C(OH)–C–C–N with tert-alkyl or cyclic N) is 1. The number of fused-ring (bicyclic) bond motifs is 2. The van der Waals surface area contributed by atoms with Crippen molar-refractivity contribution in [2.24, 2.45) is 7.05 Å². The summed E-state index contributed by atoms with van der Waals surface area (Å²) in [5, 5.41) is 23.6. The molecule has 176 valence electrons. The molecule has 1 aromatic heterocycles. The van der Waals surface area contributed by atoms with Crippen molar-refractivity contribution < 1.29 is 19.7 Å². The van der Waals surface area contributed by atoms with E-state index in [-0.39, 0.29) is 12.3 Å². The summed E-state index contributed by atoms with van der Waals surface area (Å²) in [6, 6.07) is 22.7. The van der Waals surface area contributed by atoms with Gasteiger partial charge < -0.3 is 24.4 Å². The first-order chi connectivity index (χ1) is 16.5. The van der Waals surface area contributed by atoms with Gasteiger partial charge in [0.05, 0.1) is 5.52 Å². The van der Waals surface area contributed by atoms with Crippen LogP contribution in [0.15, 0.2) is 66.7 Å². The maximum absolute atomic E-state index is 11.8. The van der Waals surface area contributed by atoms with Crippen LogP contribution in [0.1, 0.15) is 34.8 Å². The molecule has 6 nitrogen and oxygen atoms in total. The van der Waals surface area contributed by atoms with Crippen molar-refractivity contribution >= 4 is 27.6 Å². The van der Waals surface area contributed by atoms with E-state index in [2.05, 4.69) is 47.4 Å². The summed E-state index contributed by atoms with van der Waals surface area (Å²) in [5.74, 6) is -0.193. The lowest BCUT2D eigenvalue weighted by Crippen LogP contribution is -2.40. The third-order valence-corrected chi connectivity index (χ3v) is 6.98. The van der Waals surface area contributed by atoms with Crippen LogP contribution >= 0.6 is 0 Å². The Hall–Kier alpha value is -3.35. The predicted molar refractivity (Wildman–Crippen MR) is 134 cm³/mol. The number of aromatic nitrogens is 1. The summed E-state index contributed by atoms with van der Waals surface area (Å²) in [4.78, 5) is 14.1. The number of rotatable bonds is 7. The Labute approximate surface area is 199 Å². The van der Waals surface area contributed by atoms with Crippen LogP contribution in [0.4, 0.5) is 0 Å². The molecule has 4 aromatic rings. The lowest BCUT2D eigenvalue weighted by molar-refractivity contribution is 0.0570. The third-order valence-electron chi connectivity index (χ3n) is 6.98. The average molecular weight is 459 g/mol. The highest BCUT2D eigenvalue weighted by atomic mass is 16.5. The molecular formula is C28H30N2O4. The largest absolute Gasteiger partial charge is 0.488 e. The average Bonchev–Trinajstić information content (AvgIpc) is 3.15. The molecule has 0 aliphatic carbocycles. The molecule has 0 bridgehead atoms. The van der Waals surface area contributed by atoms with Gasteiger partial charge in [-0.2, -0.15) is 0 Å². The molecular weight excluding hydrogens is 428 g/mol. The Morgan fingerprint density at radius 2 is 1.74 bits per heavy atom. The number of para-hydroxylation sites is 1. The maximum Gasteiger partial charge on any atom is 0.356 e. The number of aromatic carboxylic acids is 1. The van der Waals surface area contributed by atoms with Crippen LogP contribution in [0, 0.1) is 0 Å².